The second-order valence-electron chi connectivity index (χ2n) is 3.98. The topological polar surface area (TPSA) is 92.5 Å². The van der Waals surface area contributed by atoms with Crippen molar-refractivity contribution in [3.63, 3.8) is 0 Å². The highest BCUT2D eigenvalue weighted by molar-refractivity contribution is 5.91. The fourth-order valence-electron chi connectivity index (χ4n) is 1.41. The van der Waals surface area contributed by atoms with E-state index in [1.54, 1.807) is 18.2 Å². The maximum atomic E-state index is 11.5. The Morgan fingerprint density at radius 3 is 2.58 bits per heavy atom. The molecule has 1 aromatic carbocycles. The van der Waals surface area contributed by atoms with Gasteiger partial charge >= 0.3 is 0 Å². The number of aliphatic hydroxyl groups excluding tert-OH is 1. The molecule has 1 atom stereocenters. The Morgan fingerprint density at radius 1 is 1.47 bits per heavy atom. The van der Waals surface area contributed by atoms with E-state index in [1.165, 1.54) is 18.2 Å². The number of carbonyl (C=O) groups is 1. The van der Waals surface area contributed by atoms with Gasteiger partial charge < -0.3 is 10.4 Å². The molecule has 0 aliphatic rings. The Labute approximate surface area is 110 Å². The SMILES string of the molecule is CC[C@@H](CO)NC(=O)/C=C/c1ccc([N+](=O)[O-])cc1. The summed E-state index contributed by atoms with van der Waals surface area (Å²) in [5, 5.41) is 22.0. The van der Waals surface area contributed by atoms with Crippen molar-refractivity contribution in [1.82, 2.24) is 5.32 Å². The zero-order valence-electron chi connectivity index (χ0n) is 10.6. The van der Waals surface area contributed by atoms with Crippen LogP contribution in [0.1, 0.15) is 18.9 Å². The molecule has 0 bridgehead atoms. The molecule has 0 unspecified atom stereocenters. The van der Waals surface area contributed by atoms with Crippen molar-refractivity contribution in [2.75, 3.05) is 6.61 Å². The van der Waals surface area contributed by atoms with Gasteiger partial charge in [0.25, 0.3) is 5.69 Å². The molecule has 0 aliphatic heterocycles. The summed E-state index contributed by atoms with van der Waals surface area (Å²) in [6.07, 6.45) is 3.54. The monoisotopic (exact) mass is 264 g/mol. The average molecular weight is 264 g/mol. The highest BCUT2D eigenvalue weighted by Crippen LogP contribution is 2.12. The number of carbonyl (C=O) groups excluding carboxylic acids is 1. The van der Waals surface area contributed by atoms with Crippen LogP contribution in [0.4, 0.5) is 5.69 Å². The Bertz CT molecular complexity index is 464. The highest BCUT2D eigenvalue weighted by atomic mass is 16.6. The van der Waals surface area contributed by atoms with Gasteiger partial charge in [-0.2, -0.15) is 0 Å². The van der Waals surface area contributed by atoms with E-state index in [2.05, 4.69) is 5.32 Å². The minimum Gasteiger partial charge on any atom is -0.394 e. The van der Waals surface area contributed by atoms with Gasteiger partial charge in [0.05, 0.1) is 17.6 Å². The summed E-state index contributed by atoms with van der Waals surface area (Å²) in [5.41, 5.74) is 0.700. The van der Waals surface area contributed by atoms with Crippen LogP contribution in [-0.4, -0.2) is 28.6 Å². The predicted octanol–water partition coefficient (Wildman–Crippen LogP) is 1.50. The number of nitrogens with one attached hydrogen (secondary N) is 1. The zero-order valence-corrected chi connectivity index (χ0v) is 10.6. The molecular formula is C13H16N2O4. The van der Waals surface area contributed by atoms with Crippen molar-refractivity contribution >= 4 is 17.7 Å². The summed E-state index contributed by atoms with van der Waals surface area (Å²) in [7, 11) is 0. The molecule has 0 aromatic heterocycles. The fourth-order valence-corrected chi connectivity index (χ4v) is 1.41. The molecule has 0 fully saturated rings. The molecule has 19 heavy (non-hydrogen) atoms. The Balaban J connectivity index is 2.61. The molecular weight excluding hydrogens is 248 g/mol. The number of aliphatic hydroxyl groups is 1. The summed E-state index contributed by atoms with van der Waals surface area (Å²) < 4.78 is 0. The van der Waals surface area contributed by atoms with Crippen LogP contribution in [0.25, 0.3) is 6.08 Å². The number of non-ortho nitro benzene ring substituents is 1. The van der Waals surface area contributed by atoms with Crippen LogP contribution in [0.5, 0.6) is 0 Å². The minimum absolute atomic E-state index is 0.00734. The first-order valence-corrected chi connectivity index (χ1v) is 5.90. The third-order valence-electron chi connectivity index (χ3n) is 2.59. The Hall–Kier alpha value is -2.21. The van der Waals surface area contributed by atoms with Gasteiger partial charge in [-0.3, -0.25) is 14.9 Å². The number of benzene rings is 1. The van der Waals surface area contributed by atoms with Crippen molar-refractivity contribution in [2.45, 2.75) is 19.4 Å². The predicted molar refractivity (Wildman–Crippen MR) is 71.4 cm³/mol. The number of hydrogen-bond acceptors (Lipinski definition) is 4. The van der Waals surface area contributed by atoms with Crippen LogP contribution in [0.2, 0.25) is 0 Å². The maximum Gasteiger partial charge on any atom is 0.269 e. The van der Waals surface area contributed by atoms with E-state index in [-0.39, 0.29) is 24.2 Å². The first-order valence-electron chi connectivity index (χ1n) is 5.90. The van der Waals surface area contributed by atoms with Gasteiger partial charge in [0, 0.05) is 18.2 Å². The smallest absolute Gasteiger partial charge is 0.269 e. The van der Waals surface area contributed by atoms with E-state index >= 15 is 0 Å². The lowest BCUT2D eigenvalue weighted by Gasteiger charge is -2.11. The van der Waals surface area contributed by atoms with Crippen molar-refractivity contribution in [2.24, 2.45) is 0 Å². The number of nitro groups is 1. The summed E-state index contributed by atoms with van der Waals surface area (Å²) in [6.45, 7) is 1.76. The molecule has 1 aromatic rings. The van der Waals surface area contributed by atoms with E-state index < -0.39 is 4.92 Å². The molecule has 6 heteroatoms. The van der Waals surface area contributed by atoms with E-state index in [0.29, 0.717) is 12.0 Å². The molecule has 0 heterocycles. The standard InChI is InChI=1S/C13H16N2O4/c1-2-11(9-16)14-13(17)8-5-10-3-6-12(7-4-10)15(18)19/h3-8,11,16H,2,9H2,1H3,(H,14,17)/b8-5+/t11-/m0/s1. The molecule has 0 spiro atoms. The van der Waals surface area contributed by atoms with Gasteiger partial charge in [-0.15, -0.1) is 0 Å². The fraction of sp³-hybridized carbons (Fsp3) is 0.308. The number of nitro benzene ring substituents is 1. The van der Waals surface area contributed by atoms with Gasteiger partial charge in [-0.25, -0.2) is 0 Å². The first kappa shape index (κ1) is 14.8. The molecule has 0 saturated heterocycles. The Morgan fingerprint density at radius 2 is 2.11 bits per heavy atom. The summed E-state index contributed by atoms with van der Waals surface area (Å²) in [6, 6.07) is 5.62. The molecule has 6 nitrogen and oxygen atoms in total. The van der Waals surface area contributed by atoms with Gasteiger partial charge in [-0.1, -0.05) is 6.92 Å². The van der Waals surface area contributed by atoms with Crippen LogP contribution in [0, 0.1) is 10.1 Å². The largest absolute Gasteiger partial charge is 0.394 e. The van der Waals surface area contributed by atoms with Gasteiger partial charge in [-0.05, 0) is 30.2 Å². The number of nitrogens with zero attached hydrogens (tertiary/aromatic N) is 1. The van der Waals surface area contributed by atoms with E-state index in [4.69, 9.17) is 5.11 Å². The van der Waals surface area contributed by atoms with Crippen LogP contribution in [0.15, 0.2) is 30.3 Å². The lowest BCUT2D eigenvalue weighted by Crippen LogP contribution is -2.35. The highest BCUT2D eigenvalue weighted by Gasteiger charge is 2.06. The molecule has 102 valence electrons. The molecule has 0 aliphatic carbocycles. The van der Waals surface area contributed by atoms with Crippen LogP contribution >= 0.6 is 0 Å². The molecule has 1 amide bonds. The number of hydrogen-bond donors (Lipinski definition) is 2. The van der Waals surface area contributed by atoms with Gasteiger partial charge in [0.1, 0.15) is 0 Å². The second kappa shape index (κ2) is 7.27. The van der Waals surface area contributed by atoms with Crippen molar-refractivity contribution in [1.29, 1.82) is 0 Å². The van der Waals surface area contributed by atoms with E-state index in [9.17, 15) is 14.9 Å². The maximum absolute atomic E-state index is 11.5. The normalized spacial score (nSPS) is 12.3. The third-order valence-corrected chi connectivity index (χ3v) is 2.59. The van der Waals surface area contributed by atoms with Crippen LogP contribution in [-0.2, 0) is 4.79 Å². The van der Waals surface area contributed by atoms with Crippen molar-refractivity contribution in [3.8, 4) is 0 Å². The average Bonchev–Trinajstić information content (AvgIpc) is 2.43. The first-order chi connectivity index (χ1) is 9.06. The minimum atomic E-state index is -0.479. The quantitative estimate of drug-likeness (QED) is 0.462. The Kier molecular flexibility index (Phi) is 5.69. The summed E-state index contributed by atoms with van der Waals surface area (Å²) in [5.74, 6) is -0.306. The third kappa shape index (κ3) is 4.89. The molecule has 0 saturated carbocycles. The van der Waals surface area contributed by atoms with Crippen molar-refractivity contribution in [3.05, 3.63) is 46.0 Å². The number of amides is 1. The van der Waals surface area contributed by atoms with Crippen LogP contribution < -0.4 is 5.32 Å². The van der Waals surface area contributed by atoms with Crippen LogP contribution in [0.3, 0.4) is 0 Å². The van der Waals surface area contributed by atoms with Crippen molar-refractivity contribution < 1.29 is 14.8 Å². The van der Waals surface area contributed by atoms with E-state index in [0.717, 1.165) is 0 Å². The molecule has 1 rings (SSSR count). The molecule has 2 N–H and O–H groups in total. The van der Waals surface area contributed by atoms with Gasteiger partial charge in [0.15, 0.2) is 0 Å². The lowest BCUT2D eigenvalue weighted by molar-refractivity contribution is -0.384. The summed E-state index contributed by atoms with van der Waals surface area (Å²) >= 11 is 0. The molecule has 0 radical (unpaired) electrons. The van der Waals surface area contributed by atoms with E-state index in [1.807, 2.05) is 6.92 Å². The number of rotatable bonds is 6. The summed E-state index contributed by atoms with van der Waals surface area (Å²) in [4.78, 5) is 21.5. The van der Waals surface area contributed by atoms with Gasteiger partial charge in [0.2, 0.25) is 5.91 Å². The zero-order chi connectivity index (χ0) is 14.3. The second-order valence-corrected chi connectivity index (χ2v) is 3.98. The lowest BCUT2D eigenvalue weighted by atomic mass is 10.2.